The second-order valence-electron chi connectivity index (χ2n) is 21.3. The molecule has 6 nitrogen and oxygen atoms in total. The van der Waals surface area contributed by atoms with Crippen LogP contribution < -0.4 is 0 Å². The minimum absolute atomic E-state index is 0.0871. The third-order valence-corrected chi connectivity index (χ3v) is 13.9. The van der Waals surface area contributed by atoms with E-state index in [9.17, 15) is 14.4 Å². The first-order valence-electron chi connectivity index (χ1n) is 32.2. The van der Waals surface area contributed by atoms with Crippen molar-refractivity contribution in [2.45, 2.75) is 316 Å². The predicted octanol–water partition coefficient (Wildman–Crippen LogP) is 22.0. The van der Waals surface area contributed by atoms with Crippen molar-refractivity contribution in [2.24, 2.45) is 0 Å². The van der Waals surface area contributed by atoms with E-state index in [0.717, 1.165) is 109 Å². The molecular weight excluding hydrogens is 937 g/mol. The molecule has 0 fully saturated rings. The second-order valence-corrected chi connectivity index (χ2v) is 21.3. The maximum atomic E-state index is 12.9. The van der Waals surface area contributed by atoms with Gasteiger partial charge in [-0.15, -0.1) is 0 Å². The van der Waals surface area contributed by atoms with Crippen LogP contribution in [0.3, 0.4) is 0 Å². The van der Waals surface area contributed by atoms with Gasteiger partial charge in [0.2, 0.25) is 0 Å². The largest absolute Gasteiger partial charge is 0.462 e. The smallest absolute Gasteiger partial charge is 0.306 e. The Balaban J connectivity index is 4.41. The number of hydrogen-bond acceptors (Lipinski definition) is 6. The van der Waals surface area contributed by atoms with Crippen LogP contribution in [0.1, 0.15) is 310 Å². The SMILES string of the molecule is CC/C=C\C/C=C\C/C=C\C/C=C\C/C=C\C/C=C\C/C=C\C/C=C\CCCCC(=O)OCC(COC(=O)CCCCCCCCCCCCCCCCC)OC(=O)CCCCCCCCCCCCCCCCCC. The lowest BCUT2D eigenvalue weighted by Gasteiger charge is -2.18. The van der Waals surface area contributed by atoms with Crippen LogP contribution in [0.25, 0.3) is 0 Å². The van der Waals surface area contributed by atoms with Crippen LogP contribution in [0.15, 0.2) is 97.2 Å². The Morgan fingerprint density at radius 2 is 0.513 bits per heavy atom. The Kier molecular flexibility index (Phi) is 60.8. The number of ether oxygens (including phenoxy) is 3. The Bertz CT molecular complexity index is 1490. The zero-order valence-electron chi connectivity index (χ0n) is 50.0. The molecule has 436 valence electrons. The third-order valence-electron chi connectivity index (χ3n) is 13.9. The molecule has 0 aromatic heterocycles. The van der Waals surface area contributed by atoms with Gasteiger partial charge in [0, 0.05) is 19.3 Å². The maximum absolute atomic E-state index is 12.9. The molecule has 0 spiro atoms. The van der Waals surface area contributed by atoms with Gasteiger partial charge in [0.05, 0.1) is 0 Å². The van der Waals surface area contributed by atoms with Crippen molar-refractivity contribution in [1.82, 2.24) is 0 Å². The van der Waals surface area contributed by atoms with Gasteiger partial charge < -0.3 is 14.2 Å². The number of carbonyl (C=O) groups excluding carboxylic acids is 3. The molecule has 0 aliphatic heterocycles. The van der Waals surface area contributed by atoms with Gasteiger partial charge >= 0.3 is 17.9 Å². The van der Waals surface area contributed by atoms with Gasteiger partial charge in [-0.3, -0.25) is 14.4 Å². The van der Waals surface area contributed by atoms with Crippen LogP contribution in [-0.2, 0) is 28.6 Å². The molecule has 0 saturated heterocycles. The van der Waals surface area contributed by atoms with Gasteiger partial charge in [0.15, 0.2) is 6.10 Å². The maximum Gasteiger partial charge on any atom is 0.306 e. The lowest BCUT2D eigenvalue weighted by molar-refractivity contribution is -0.167. The molecular formula is C70H120O6. The van der Waals surface area contributed by atoms with E-state index in [1.807, 2.05) is 0 Å². The van der Waals surface area contributed by atoms with Crippen LogP contribution in [-0.4, -0.2) is 37.2 Å². The number of rotatable bonds is 58. The molecule has 76 heavy (non-hydrogen) atoms. The highest BCUT2D eigenvalue weighted by Crippen LogP contribution is 2.17. The zero-order valence-corrected chi connectivity index (χ0v) is 50.0. The van der Waals surface area contributed by atoms with Gasteiger partial charge in [0.25, 0.3) is 0 Å². The van der Waals surface area contributed by atoms with Gasteiger partial charge in [-0.05, 0) is 83.5 Å². The molecule has 0 aliphatic rings. The molecule has 1 unspecified atom stereocenters. The fourth-order valence-electron chi connectivity index (χ4n) is 9.05. The molecule has 6 heteroatoms. The summed E-state index contributed by atoms with van der Waals surface area (Å²) in [4.78, 5) is 38.3. The summed E-state index contributed by atoms with van der Waals surface area (Å²) in [6.45, 7) is 6.53. The molecule has 0 aromatic rings. The van der Waals surface area contributed by atoms with Crippen molar-refractivity contribution >= 4 is 17.9 Å². The zero-order chi connectivity index (χ0) is 55.0. The Labute approximate surface area is 470 Å². The second kappa shape index (κ2) is 63.9. The van der Waals surface area contributed by atoms with Crippen LogP contribution in [0.2, 0.25) is 0 Å². The molecule has 1 atom stereocenters. The van der Waals surface area contributed by atoms with E-state index in [1.165, 1.54) is 161 Å². The van der Waals surface area contributed by atoms with Gasteiger partial charge in [-0.1, -0.05) is 304 Å². The Hall–Kier alpha value is -3.67. The summed E-state index contributed by atoms with van der Waals surface area (Å²) in [5.41, 5.74) is 0. The summed E-state index contributed by atoms with van der Waals surface area (Å²) in [6.07, 6.45) is 85.5. The molecule has 0 heterocycles. The quantitative estimate of drug-likeness (QED) is 0.0261. The van der Waals surface area contributed by atoms with E-state index < -0.39 is 6.10 Å². The van der Waals surface area contributed by atoms with Crippen molar-refractivity contribution in [2.75, 3.05) is 13.2 Å². The standard InChI is InChI=1S/C70H120O6/c1-4-7-10-13-16-19-22-25-28-30-31-32-33-34-35-36-37-38-39-40-43-45-48-51-54-57-60-63-69(72)75-66-67(65-74-68(71)62-59-56-53-50-47-44-41-27-24-21-18-15-12-9-6-3)76-70(73)64-61-58-55-52-49-46-42-29-26-23-20-17-14-11-8-5-2/h7,10,16,19,25,28,31-32,34-35,37-38,40,43,48,51,67H,4-6,8-9,11-15,17-18,20-24,26-27,29-30,33,36,39,41-42,44-47,49-50,52-66H2,1-3H3/b10-7-,19-16-,28-25-,32-31-,35-34-,38-37-,43-40-,51-48-. The van der Waals surface area contributed by atoms with Crippen molar-refractivity contribution in [3.8, 4) is 0 Å². The highest BCUT2D eigenvalue weighted by Gasteiger charge is 2.19. The van der Waals surface area contributed by atoms with E-state index in [-0.39, 0.29) is 31.1 Å². The molecule has 0 saturated carbocycles. The van der Waals surface area contributed by atoms with Crippen molar-refractivity contribution < 1.29 is 28.6 Å². The van der Waals surface area contributed by atoms with Crippen LogP contribution >= 0.6 is 0 Å². The fraction of sp³-hybridized carbons (Fsp3) is 0.729. The monoisotopic (exact) mass is 1060 g/mol. The summed E-state index contributed by atoms with van der Waals surface area (Å²) >= 11 is 0. The minimum atomic E-state index is -0.794. The number of carbonyl (C=O) groups is 3. The molecule has 0 amide bonds. The predicted molar refractivity (Wildman–Crippen MR) is 330 cm³/mol. The summed E-state index contributed by atoms with van der Waals surface area (Å²) in [5.74, 6) is -0.919. The normalized spacial score (nSPS) is 12.7. The van der Waals surface area contributed by atoms with E-state index in [2.05, 4.69) is 118 Å². The first-order valence-corrected chi connectivity index (χ1v) is 32.2. The topological polar surface area (TPSA) is 78.9 Å². The Morgan fingerprint density at radius 1 is 0.276 bits per heavy atom. The average molecular weight is 1060 g/mol. The molecule has 0 aromatic carbocycles. The molecule has 0 bridgehead atoms. The number of hydrogen-bond donors (Lipinski definition) is 0. The molecule has 0 radical (unpaired) electrons. The van der Waals surface area contributed by atoms with Crippen LogP contribution in [0.5, 0.6) is 0 Å². The lowest BCUT2D eigenvalue weighted by Crippen LogP contribution is -2.30. The van der Waals surface area contributed by atoms with Crippen molar-refractivity contribution in [3.63, 3.8) is 0 Å². The third kappa shape index (κ3) is 61.2. The summed E-state index contributed by atoms with van der Waals surface area (Å²) in [6, 6.07) is 0. The number of allylic oxidation sites excluding steroid dienone is 16. The fourth-order valence-corrected chi connectivity index (χ4v) is 9.05. The van der Waals surface area contributed by atoms with Gasteiger partial charge in [0.1, 0.15) is 13.2 Å². The minimum Gasteiger partial charge on any atom is -0.462 e. The highest BCUT2D eigenvalue weighted by molar-refractivity contribution is 5.71. The molecule has 0 rings (SSSR count). The number of esters is 3. The van der Waals surface area contributed by atoms with Crippen molar-refractivity contribution in [3.05, 3.63) is 97.2 Å². The highest BCUT2D eigenvalue weighted by atomic mass is 16.6. The van der Waals surface area contributed by atoms with E-state index in [1.54, 1.807) is 0 Å². The molecule has 0 N–H and O–H groups in total. The first-order chi connectivity index (χ1) is 37.5. The van der Waals surface area contributed by atoms with Gasteiger partial charge in [-0.25, -0.2) is 0 Å². The first kappa shape index (κ1) is 72.3. The summed E-state index contributed by atoms with van der Waals surface area (Å²) in [7, 11) is 0. The van der Waals surface area contributed by atoms with E-state index in [4.69, 9.17) is 14.2 Å². The van der Waals surface area contributed by atoms with E-state index >= 15 is 0 Å². The lowest BCUT2D eigenvalue weighted by atomic mass is 10.0. The molecule has 0 aliphatic carbocycles. The van der Waals surface area contributed by atoms with Crippen LogP contribution in [0, 0.1) is 0 Å². The average Bonchev–Trinajstić information content (AvgIpc) is 3.42. The summed E-state index contributed by atoms with van der Waals surface area (Å²) in [5, 5.41) is 0. The number of unbranched alkanes of at least 4 members (excludes halogenated alkanes) is 31. The Morgan fingerprint density at radius 3 is 0.803 bits per heavy atom. The van der Waals surface area contributed by atoms with Crippen molar-refractivity contribution in [1.29, 1.82) is 0 Å². The van der Waals surface area contributed by atoms with Crippen LogP contribution in [0.4, 0.5) is 0 Å². The summed E-state index contributed by atoms with van der Waals surface area (Å²) < 4.78 is 16.9. The van der Waals surface area contributed by atoms with Gasteiger partial charge in [-0.2, -0.15) is 0 Å². The van der Waals surface area contributed by atoms with E-state index in [0.29, 0.717) is 19.3 Å².